The molecule has 0 aromatic carbocycles. The third-order valence-corrected chi connectivity index (χ3v) is 4.81. The van der Waals surface area contributed by atoms with Crippen LogP contribution in [-0.4, -0.2) is 11.5 Å². The Morgan fingerprint density at radius 1 is 1.09 bits per heavy atom. The third-order valence-electron chi connectivity index (χ3n) is 3.48. The van der Waals surface area contributed by atoms with Crippen LogP contribution in [0.4, 0.5) is 0 Å². The highest BCUT2D eigenvalue weighted by atomic mass is 32.2. The fourth-order valence-electron chi connectivity index (χ4n) is 2.58. The van der Waals surface area contributed by atoms with Crippen LogP contribution < -0.4 is 0 Å². The average molecular weight is 170 g/mol. The molecule has 0 spiro atoms. The Morgan fingerprint density at radius 3 is 2.09 bits per heavy atom. The maximum atomic E-state index is 2.39. The molecule has 0 radical (unpaired) electrons. The van der Waals surface area contributed by atoms with Crippen LogP contribution in [0.1, 0.15) is 26.7 Å². The molecule has 1 aliphatic carbocycles. The van der Waals surface area contributed by atoms with Crippen molar-refractivity contribution < 1.29 is 0 Å². The van der Waals surface area contributed by atoms with Gasteiger partial charge in [0.2, 0.25) is 0 Å². The van der Waals surface area contributed by atoms with Gasteiger partial charge in [-0.25, -0.2) is 0 Å². The van der Waals surface area contributed by atoms with Crippen molar-refractivity contribution in [2.45, 2.75) is 26.7 Å². The molecule has 1 heterocycles. The van der Waals surface area contributed by atoms with E-state index in [1.54, 1.807) is 0 Å². The third kappa shape index (κ3) is 1.44. The average Bonchev–Trinajstić information content (AvgIpc) is 2.40. The van der Waals surface area contributed by atoms with Crippen molar-refractivity contribution in [3.63, 3.8) is 0 Å². The van der Waals surface area contributed by atoms with E-state index in [1.165, 1.54) is 24.3 Å². The zero-order valence-electron chi connectivity index (χ0n) is 7.55. The quantitative estimate of drug-likeness (QED) is 0.583. The van der Waals surface area contributed by atoms with E-state index in [0.29, 0.717) is 0 Å². The van der Waals surface area contributed by atoms with Crippen molar-refractivity contribution >= 4 is 11.8 Å². The predicted molar refractivity (Wildman–Crippen MR) is 51.9 cm³/mol. The Bertz CT molecular complexity index is 130. The van der Waals surface area contributed by atoms with Gasteiger partial charge in [-0.15, -0.1) is 0 Å². The van der Waals surface area contributed by atoms with E-state index in [4.69, 9.17) is 0 Å². The summed E-state index contributed by atoms with van der Waals surface area (Å²) in [5.74, 6) is 7.14. The molecule has 0 aromatic heterocycles. The van der Waals surface area contributed by atoms with Gasteiger partial charge in [0.25, 0.3) is 0 Å². The van der Waals surface area contributed by atoms with Gasteiger partial charge in [0, 0.05) is 0 Å². The second-order valence-electron chi connectivity index (χ2n) is 4.53. The summed E-state index contributed by atoms with van der Waals surface area (Å²) < 4.78 is 0. The van der Waals surface area contributed by atoms with Crippen LogP contribution in [0.3, 0.4) is 0 Å². The molecule has 2 unspecified atom stereocenters. The summed E-state index contributed by atoms with van der Waals surface area (Å²) >= 11 is 2.18. The Labute approximate surface area is 74.1 Å². The molecule has 1 aliphatic heterocycles. The van der Waals surface area contributed by atoms with Gasteiger partial charge in [0.15, 0.2) is 0 Å². The zero-order chi connectivity index (χ0) is 7.84. The lowest BCUT2D eigenvalue weighted by molar-refractivity contribution is 0.381. The summed E-state index contributed by atoms with van der Waals surface area (Å²) in [5, 5.41) is 0. The highest BCUT2D eigenvalue weighted by molar-refractivity contribution is 7.99. The van der Waals surface area contributed by atoms with Crippen LogP contribution in [0.5, 0.6) is 0 Å². The van der Waals surface area contributed by atoms with Gasteiger partial charge >= 0.3 is 0 Å². The maximum absolute atomic E-state index is 2.39. The molecular weight excluding hydrogens is 152 g/mol. The highest BCUT2D eigenvalue weighted by Gasteiger charge is 2.38. The van der Waals surface area contributed by atoms with E-state index in [-0.39, 0.29) is 0 Å². The molecule has 1 saturated heterocycles. The number of rotatable bonds is 1. The van der Waals surface area contributed by atoms with E-state index < -0.39 is 0 Å². The molecule has 1 saturated carbocycles. The van der Waals surface area contributed by atoms with Gasteiger partial charge in [-0.1, -0.05) is 13.8 Å². The summed E-state index contributed by atoms with van der Waals surface area (Å²) in [5.41, 5.74) is 0. The second-order valence-corrected chi connectivity index (χ2v) is 5.61. The first-order valence-corrected chi connectivity index (χ1v) is 6.00. The minimum atomic E-state index is 0.936. The molecule has 64 valence electrons. The van der Waals surface area contributed by atoms with Crippen LogP contribution >= 0.6 is 11.8 Å². The molecule has 2 atom stereocenters. The number of hydrogen-bond donors (Lipinski definition) is 0. The van der Waals surface area contributed by atoms with Crippen LogP contribution in [0.25, 0.3) is 0 Å². The molecule has 0 aromatic rings. The van der Waals surface area contributed by atoms with E-state index >= 15 is 0 Å². The second kappa shape index (κ2) is 3.01. The molecule has 1 heteroatoms. The molecule has 0 amide bonds. The summed E-state index contributed by atoms with van der Waals surface area (Å²) in [6.07, 6.45) is 3.07. The van der Waals surface area contributed by atoms with Crippen molar-refractivity contribution in [2.24, 2.45) is 23.7 Å². The summed E-state index contributed by atoms with van der Waals surface area (Å²) in [7, 11) is 0. The van der Waals surface area contributed by atoms with Crippen LogP contribution in [0.2, 0.25) is 0 Å². The molecule has 2 aliphatic rings. The molecule has 0 nitrogen and oxygen atoms in total. The maximum Gasteiger partial charge on any atom is -0.00360 e. The van der Waals surface area contributed by atoms with Crippen molar-refractivity contribution in [1.29, 1.82) is 0 Å². The first-order chi connectivity index (χ1) is 5.27. The highest BCUT2D eigenvalue weighted by Crippen LogP contribution is 2.47. The lowest BCUT2D eigenvalue weighted by Crippen LogP contribution is -2.04. The Hall–Kier alpha value is 0.350. The van der Waals surface area contributed by atoms with Crippen LogP contribution in [0.15, 0.2) is 0 Å². The van der Waals surface area contributed by atoms with Crippen molar-refractivity contribution in [3.8, 4) is 0 Å². The number of hydrogen-bond acceptors (Lipinski definition) is 1. The van der Waals surface area contributed by atoms with Gasteiger partial charge in [-0.05, 0) is 48.0 Å². The Balaban J connectivity index is 1.94. The standard InChI is InChI=1S/C10H18S/c1-7(2)8-3-9-5-11-6-10(9)4-8/h7-10H,3-6H2,1-2H3. The van der Waals surface area contributed by atoms with E-state index in [9.17, 15) is 0 Å². The smallest absolute Gasteiger partial charge is 0.00360 e. The zero-order valence-corrected chi connectivity index (χ0v) is 8.36. The SMILES string of the molecule is CC(C)C1CC2CSCC2C1. The lowest BCUT2D eigenvalue weighted by Gasteiger charge is -2.14. The number of thioether (sulfide) groups is 1. The van der Waals surface area contributed by atoms with E-state index in [1.807, 2.05) is 0 Å². The fraction of sp³-hybridized carbons (Fsp3) is 1.00. The van der Waals surface area contributed by atoms with Crippen molar-refractivity contribution in [1.82, 2.24) is 0 Å². The van der Waals surface area contributed by atoms with Crippen molar-refractivity contribution in [3.05, 3.63) is 0 Å². The predicted octanol–water partition coefficient (Wildman–Crippen LogP) is 3.03. The summed E-state index contributed by atoms with van der Waals surface area (Å²) in [6.45, 7) is 4.78. The number of fused-ring (bicyclic) bond motifs is 1. The molecule has 0 bridgehead atoms. The van der Waals surface area contributed by atoms with Gasteiger partial charge in [0.1, 0.15) is 0 Å². The molecular formula is C10H18S. The largest absolute Gasteiger partial charge is 0.161 e. The van der Waals surface area contributed by atoms with Gasteiger partial charge < -0.3 is 0 Å². The van der Waals surface area contributed by atoms with Gasteiger partial charge in [-0.3, -0.25) is 0 Å². The summed E-state index contributed by atoms with van der Waals surface area (Å²) in [6, 6.07) is 0. The molecule has 0 N–H and O–H groups in total. The molecule has 2 rings (SSSR count). The molecule has 2 fully saturated rings. The first kappa shape index (κ1) is 7.97. The Morgan fingerprint density at radius 2 is 1.64 bits per heavy atom. The topological polar surface area (TPSA) is 0 Å². The van der Waals surface area contributed by atoms with E-state index in [0.717, 1.165) is 23.7 Å². The van der Waals surface area contributed by atoms with Gasteiger partial charge in [0.05, 0.1) is 0 Å². The normalized spacial score (nSPS) is 43.4. The lowest BCUT2D eigenvalue weighted by atomic mass is 9.93. The summed E-state index contributed by atoms with van der Waals surface area (Å²) in [4.78, 5) is 0. The first-order valence-electron chi connectivity index (χ1n) is 4.85. The minimum absolute atomic E-state index is 0.936. The fourth-order valence-corrected chi connectivity index (χ4v) is 4.14. The minimum Gasteiger partial charge on any atom is -0.161 e. The molecule has 11 heavy (non-hydrogen) atoms. The van der Waals surface area contributed by atoms with Crippen LogP contribution in [0, 0.1) is 23.7 Å². The van der Waals surface area contributed by atoms with Crippen LogP contribution in [-0.2, 0) is 0 Å². The van der Waals surface area contributed by atoms with Gasteiger partial charge in [-0.2, -0.15) is 11.8 Å². The van der Waals surface area contributed by atoms with E-state index in [2.05, 4.69) is 25.6 Å². The Kier molecular flexibility index (Phi) is 2.18. The van der Waals surface area contributed by atoms with Crippen molar-refractivity contribution in [2.75, 3.05) is 11.5 Å². The monoisotopic (exact) mass is 170 g/mol.